The highest BCUT2D eigenvalue weighted by Gasteiger charge is 2.31. The summed E-state index contributed by atoms with van der Waals surface area (Å²) in [5.74, 6) is -0.434. The topological polar surface area (TPSA) is 58.3 Å². The molecule has 2 aromatic rings. The second-order valence-corrected chi connectivity index (χ2v) is 4.53. The summed E-state index contributed by atoms with van der Waals surface area (Å²) in [6, 6.07) is 3.94. The van der Waals surface area contributed by atoms with Gasteiger partial charge >= 0.3 is 0 Å². The summed E-state index contributed by atoms with van der Waals surface area (Å²) in [4.78, 5) is 0. The molecule has 19 heavy (non-hydrogen) atoms. The molecule has 0 radical (unpaired) electrons. The van der Waals surface area contributed by atoms with Crippen LogP contribution in [0.3, 0.4) is 0 Å². The lowest BCUT2D eigenvalue weighted by molar-refractivity contribution is -0.0809. The fourth-order valence-electron chi connectivity index (χ4n) is 1.60. The molecule has 1 aromatic carbocycles. The van der Waals surface area contributed by atoms with E-state index in [1.807, 2.05) is 0 Å². The van der Waals surface area contributed by atoms with E-state index in [9.17, 15) is 18.3 Å². The number of alkyl halides is 2. The summed E-state index contributed by atoms with van der Waals surface area (Å²) >= 11 is 0. The van der Waals surface area contributed by atoms with Crippen molar-refractivity contribution >= 4 is 11.0 Å². The smallest absolute Gasteiger partial charge is 0.267 e. The number of hydrogen-bond donors (Lipinski definition) is 2. The van der Waals surface area contributed by atoms with Gasteiger partial charge in [0, 0.05) is 18.5 Å². The van der Waals surface area contributed by atoms with Crippen LogP contribution in [0, 0.1) is 5.82 Å². The summed E-state index contributed by atoms with van der Waals surface area (Å²) in [5.41, 5.74) is -1.30. The second-order valence-electron chi connectivity index (χ2n) is 4.53. The molecule has 0 aliphatic carbocycles. The zero-order valence-corrected chi connectivity index (χ0v) is 10.2. The number of aliphatic hydroxyl groups is 1. The first-order chi connectivity index (χ1) is 8.90. The normalized spacial score (nSPS) is 15.1. The molecule has 0 saturated heterocycles. The van der Waals surface area contributed by atoms with Crippen molar-refractivity contribution in [1.29, 1.82) is 0 Å². The molecule has 2 N–H and O–H groups in total. The standard InChI is InChI=1S/C12H13F3N2O2/c1-12(18,11(14)15)6-16-5-9-8-4-7(13)2-3-10(8)19-17-9/h2-4,11,16,18H,5-6H2,1H3. The van der Waals surface area contributed by atoms with Gasteiger partial charge in [-0.15, -0.1) is 0 Å². The minimum Gasteiger partial charge on any atom is -0.383 e. The van der Waals surface area contributed by atoms with Gasteiger partial charge in [0.25, 0.3) is 6.43 Å². The van der Waals surface area contributed by atoms with Crippen LogP contribution in [0.2, 0.25) is 0 Å². The largest absolute Gasteiger partial charge is 0.383 e. The van der Waals surface area contributed by atoms with Gasteiger partial charge in [0.15, 0.2) is 5.58 Å². The summed E-state index contributed by atoms with van der Waals surface area (Å²) in [7, 11) is 0. The van der Waals surface area contributed by atoms with Crippen molar-refractivity contribution in [1.82, 2.24) is 10.5 Å². The number of aromatic nitrogens is 1. The van der Waals surface area contributed by atoms with Crippen molar-refractivity contribution in [3.8, 4) is 0 Å². The Morgan fingerprint density at radius 3 is 2.89 bits per heavy atom. The molecule has 0 saturated carbocycles. The van der Waals surface area contributed by atoms with Crippen molar-refractivity contribution in [3.63, 3.8) is 0 Å². The SMILES string of the molecule is CC(O)(CNCc1noc2ccc(F)cc12)C(F)F. The molecule has 1 atom stereocenters. The van der Waals surface area contributed by atoms with E-state index in [4.69, 9.17) is 4.52 Å². The maximum Gasteiger partial charge on any atom is 0.267 e. The highest BCUT2D eigenvalue weighted by molar-refractivity contribution is 5.79. The maximum absolute atomic E-state index is 13.1. The Balaban J connectivity index is 2.04. The van der Waals surface area contributed by atoms with E-state index in [-0.39, 0.29) is 13.1 Å². The lowest BCUT2D eigenvalue weighted by Gasteiger charge is -2.22. The fourth-order valence-corrected chi connectivity index (χ4v) is 1.60. The lowest BCUT2D eigenvalue weighted by atomic mass is 10.1. The molecule has 7 heteroatoms. The van der Waals surface area contributed by atoms with Crippen LogP contribution in [0.5, 0.6) is 0 Å². The Bertz CT molecular complexity index is 569. The number of fused-ring (bicyclic) bond motifs is 1. The van der Waals surface area contributed by atoms with E-state index in [0.717, 1.165) is 6.92 Å². The number of benzene rings is 1. The van der Waals surface area contributed by atoms with E-state index < -0.39 is 17.8 Å². The minimum absolute atomic E-state index is 0.0966. The molecule has 0 aliphatic heterocycles. The number of hydrogen-bond acceptors (Lipinski definition) is 4. The van der Waals surface area contributed by atoms with Gasteiger partial charge in [-0.25, -0.2) is 13.2 Å². The quantitative estimate of drug-likeness (QED) is 0.876. The van der Waals surface area contributed by atoms with Gasteiger partial charge in [-0.1, -0.05) is 5.16 Å². The van der Waals surface area contributed by atoms with Crippen LogP contribution < -0.4 is 5.32 Å². The molecule has 0 amide bonds. The van der Waals surface area contributed by atoms with Crippen LogP contribution in [0.25, 0.3) is 11.0 Å². The van der Waals surface area contributed by atoms with E-state index in [1.54, 1.807) is 0 Å². The summed E-state index contributed by atoms with van der Waals surface area (Å²) in [6.45, 7) is 0.818. The molecule has 4 nitrogen and oxygen atoms in total. The van der Waals surface area contributed by atoms with Gasteiger partial charge in [-0.3, -0.25) is 0 Å². The van der Waals surface area contributed by atoms with Gasteiger partial charge in [-0.2, -0.15) is 0 Å². The Labute approximate surface area is 107 Å². The fraction of sp³-hybridized carbons (Fsp3) is 0.417. The Hall–Kier alpha value is -1.60. The Morgan fingerprint density at radius 1 is 1.47 bits per heavy atom. The van der Waals surface area contributed by atoms with E-state index in [1.165, 1.54) is 18.2 Å². The molecular weight excluding hydrogens is 261 g/mol. The van der Waals surface area contributed by atoms with Crippen LogP contribution >= 0.6 is 0 Å². The first-order valence-corrected chi connectivity index (χ1v) is 5.65. The molecule has 2 rings (SSSR count). The van der Waals surface area contributed by atoms with Crippen molar-refractivity contribution in [3.05, 3.63) is 29.7 Å². The minimum atomic E-state index is -2.86. The number of halogens is 3. The van der Waals surface area contributed by atoms with Crippen LogP contribution in [0.1, 0.15) is 12.6 Å². The van der Waals surface area contributed by atoms with Gasteiger partial charge < -0.3 is 14.9 Å². The monoisotopic (exact) mass is 274 g/mol. The summed E-state index contributed by atoms with van der Waals surface area (Å²) < 4.78 is 42.9. The second kappa shape index (κ2) is 5.18. The van der Waals surface area contributed by atoms with E-state index in [2.05, 4.69) is 10.5 Å². The average Bonchev–Trinajstić information content (AvgIpc) is 2.71. The van der Waals surface area contributed by atoms with Crippen molar-refractivity contribution in [2.45, 2.75) is 25.5 Å². The first kappa shape index (κ1) is 13.8. The highest BCUT2D eigenvalue weighted by Crippen LogP contribution is 2.20. The Kier molecular flexibility index (Phi) is 3.77. The lowest BCUT2D eigenvalue weighted by Crippen LogP contribution is -2.43. The molecular formula is C12H13F3N2O2. The molecule has 0 bridgehead atoms. The predicted molar refractivity (Wildman–Crippen MR) is 62.3 cm³/mol. The van der Waals surface area contributed by atoms with E-state index >= 15 is 0 Å². The highest BCUT2D eigenvalue weighted by atomic mass is 19.3. The maximum atomic E-state index is 13.1. The molecule has 0 fully saturated rings. The third kappa shape index (κ3) is 3.05. The molecule has 104 valence electrons. The molecule has 1 heterocycles. The van der Waals surface area contributed by atoms with Crippen molar-refractivity contribution in [2.24, 2.45) is 0 Å². The van der Waals surface area contributed by atoms with Gasteiger partial charge in [0.1, 0.15) is 17.1 Å². The van der Waals surface area contributed by atoms with Crippen LogP contribution in [-0.4, -0.2) is 28.8 Å². The van der Waals surface area contributed by atoms with E-state index in [0.29, 0.717) is 16.7 Å². The molecule has 1 aromatic heterocycles. The van der Waals surface area contributed by atoms with Crippen molar-refractivity contribution < 1.29 is 22.8 Å². The third-order valence-electron chi connectivity index (χ3n) is 2.75. The molecule has 0 spiro atoms. The summed E-state index contributed by atoms with van der Waals surface area (Å²) in [6.07, 6.45) is -2.86. The third-order valence-corrected chi connectivity index (χ3v) is 2.75. The van der Waals surface area contributed by atoms with Crippen molar-refractivity contribution in [2.75, 3.05) is 6.54 Å². The number of rotatable bonds is 5. The van der Waals surface area contributed by atoms with Crippen LogP contribution in [-0.2, 0) is 6.54 Å². The zero-order chi connectivity index (χ0) is 14.0. The summed E-state index contributed by atoms with van der Waals surface area (Å²) in [5, 5.41) is 16.2. The molecule has 1 unspecified atom stereocenters. The first-order valence-electron chi connectivity index (χ1n) is 5.65. The number of nitrogens with zero attached hydrogens (tertiary/aromatic N) is 1. The predicted octanol–water partition coefficient (Wildman–Crippen LogP) is 2.07. The van der Waals surface area contributed by atoms with Crippen LogP contribution in [0.4, 0.5) is 13.2 Å². The Morgan fingerprint density at radius 2 is 2.21 bits per heavy atom. The molecule has 0 aliphatic rings. The van der Waals surface area contributed by atoms with Gasteiger partial charge in [-0.05, 0) is 25.1 Å². The van der Waals surface area contributed by atoms with Gasteiger partial charge in [0.05, 0.1) is 0 Å². The average molecular weight is 274 g/mol. The van der Waals surface area contributed by atoms with Crippen LogP contribution in [0.15, 0.2) is 22.7 Å². The van der Waals surface area contributed by atoms with Gasteiger partial charge in [0.2, 0.25) is 0 Å². The zero-order valence-electron chi connectivity index (χ0n) is 10.2. The number of nitrogens with one attached hydrogen (secondary N) is 1.